The van der Waals surface area contributed by atoms with Gasteiger partial charge in [-0.3, -0.25) is 4.79 Å². The van der Waals surface area contributed by atoms with Crippen LogP contribution in [0.15, 0.2) is 24.3 Å². The average molecular weight is 278 g/mol. The third kappa shape index (κ3) is 4.51. The van der Waals surface area contributed by atoms with E-state index in [1.807, 2.05) is 38.1 Å². The van der Waals surface area contributed by atoms with E-state index in [0.29, 0.717) is 19.7 Å². The first kappa shape index (κ1) is 14.8. The Balaban J connectivity index is 1.79. The van der Waals surface area contributed by atoms with E-state index in [9.17, 15) is 4.79 Å². The summed E-state index contributed by atoms with van der Waals surface area (Å²) in [5.41, 5.74) is 1.04. The van der Waals surface area contributed by atoms with Crippen molar-refractivity contribution >= 4 is 5.91 Å². The van der Waals surface area contributed by atoms with Gasteiger partial charge in [-0.2, -0.15) is 0 Å². The van der Waals surface area contributed by atoms with Crippen LogP contribution in [0.1, 0.15) is 19.4 Å². The van der Waals surface area contributed by atoms with Crippen molar-refractivity contribution in [2.75, 3.05) is 19.7 Å². The second-order valence-corrected chi connectivity index (χ2v) is 5.09. The molecule has 1 saturated heterocycles. The van der Waals surface area contributed by atoms with Crippen LogP contribution in [0.25, 0.3) is 0 Å². The number of carbonyl (C=O) groups excluding carboxylic acids is 1. The summed E-state index contributed by atoms with van der Waals surface area (Å²) in [6.45, 7) is 6.45. The zero-order chi connectivity index (χ0) is 14.4. The minimum absolute atomic E-state index is 0.0697. The Morgan fingerprint density at radius 2 is 2.20 bits per heavy atom. The maximum Gasteiger partial charge on any atom is 0.250 e. The van der Waals surface area contributed by atoms with Gasteiger partial charge in [0.1, 0.15) is 11.9 Å². The molecule has 110 valence electrons. The topological polar surface area (TPSA) is 59.6 Å². The molecule has 2 N–H and O–H groups in total. The third-order valence-corrected chi connectivity index (χ3v) is 2.98. The van der Waals surface area contributed by atoms with Gasteiger partial charge in [-0.1, -0.05) is 12.1 Å². The smallest absolute Gasteiger partial charge is 0.250 e. The molecule has 0 bridgehead atoms. The first-order valence-electron chi connectivity index (χ1n) is 7.01. The van der Waals surface area contributed by atoms with Crippen molar-refractivity contribution in [3.05, 3.63) is 29.8 Å². The largest absolute Gasteiger partial charge is 0.491 e. The number of amides is 1. The summed E-state index contributed by atoms with van der Waals surface area (Å²) < 4.78 is 11.0. The molecule has 5 nitrogen and oxygen atoms in total. The minimum Gasteiger partial charge on any atom is -0.491 e. The molecule has 0 spiro atoms. The van der Waals surface area contributed by atoms with Crippen molar-refractivity contribution in [3.63, 3.8) is 0 Å². The van der Waals surface area contributed by atoms with E-state index in [1.165, 1.54) is 0 Å². The van der Waals surface area contributed by atoms with Gasteiger partial charge in [0, 0.05) is 19.6 Å². The SMILES string of the molecule is CC(C)Oc1ccc(CNC(=O)[C@H]2CNCCO2)cc1. The predicted octanol–water partition coefficient (Wildman–Crippen LogP) is 1.08. The maximum atomic E-state index is 11.9. The fourth-order valence-corrected chi connectivity index (χ4v) is 1.99. The summed E-state index contributed by atoms with van der Waals surface area (Å²) in [4.78, 5) is 11.9. The Labute approximate surface area is 119 Å². The Bertz CT molecular complexity index is 425. The zero-order valence-electron chi connectivity index (χ0n) is 12.0. The van der Waals surface area contributed by atoms with E-state index in [2.05, 4.69) is 10.6 Å². The van der Waals surface area contributed by atoms with Crippen LogP contribution in [0, 0.1) is 0 Å². The van der Waals surface area contributed by atoms with Crippen molar-refractivity contribution in [3.8, 4) is 5.75 Å². The quantitative estimate of drug-likeness (QED) is 0.846. The molecule has 0 aliphatic carbocycles. The molecule has 20 heavy (non-hydrogen) atoms. The van der Waals surface area contributed by atoms with Gasteiger partial charge in [-0.15, -0.1) is 0 Å². The summed E-state index contributed by atoms with van der Waals surface area (Å²) in [5.74, 6) is 0.773. The second-order valence-electron chi connectivity index (χ2n) is 5.09. The molecule has 0 radical (unpaired) electrons. The van der Waals surface area contributed by atoms with Gasteiger partial charge in [-0.25, -0.2) is 0 Å². The van der Waals surface area contributed by atoms with Gasteiger partial charge in [0.25, 0.3) is 5.91 Å². The number of carbonyl (C=O) groups is 1. The van der Waals surface area contributed by atoms with Crippen LogP contribution in [-0.2, 0) is 16.1 Å². The van der Waals surface area contributed by atoms with Gasteiger partial charge < -0.3 is 20.1 Å². The number of hydrogen-bond acceptors (Lipinski definition) is 4. The highest BCUT2D eigenvalue weighted by molar-refractivity contribution is 5.81. The molecule has 1 aliphatic heterocycles. The molecule has 0 saturated carbocycles. The van der Waals surface area contributed by atoms with Crippen molar-refractivity contribution in [1.29, 1.82) is 0 Å². The molecule has 0 unspecified atom stereocenters. The molecule has 1 aliphatic rings. The van der Waals surface area contributed by atoms with Gasteiger partial charge >= 0.3 is 0 Å². The van der Waals surface area contributed by atoms with Crippen molar-refractivity contribution in [1.82, 2.24) is 10.6 Å². The Morgan fingerprint density at radius 3 is 2.80 bits per heavy atom. The molecule has 1 heterocycles. The van der Waals surface area contributed by atoms with E-state index in [1.54, 1.807) is 0 Å². The van der Waals surface area contributed by atoms with Crippen LogP contribution < -0.4 is 15.4 Å². The van der Waals surface area contributed by atoms with Crippen LogP contribution in [0.4, 0.5) is 0 Å². The van der Waals surface area contributed by atoms with E-state index in [0.717, 1.165) is 17.9 Å². The summed E-state index contributed by atoms with van der Waals surface area (Å²) in [7, 11) is 0. The molecule has 0 aromatic heterocycles. The third-order valence-electron chi connectivity index (χ3n) is 2.98. The number of nitrogens with one attached hydrogen (secondary N) is 2. The van der Waals surface area contributed by atoms with Crippen molar-refractivity contribution in [2.45, 2.75) is 32.6 Å². The Kier molecular flexibility index (Phi) is 5.38. The number of rotatable bonds is 5. The molecular formula is C15H22N2O3. The number of hydrogen-bond donors (Lipinski definition) is 2. The Morgan fingerprint density at radius 1 is 1.45 bits per heavy atom. The lowest BCUT2D eigenvalue weighted by atomic mass is 10.2. The summed E-state index contributed by atoms with van der Waals surface area (Å²) in [6.07, 6.45) is -0.219. The van der Waals surface area contributed by atoms with Gasteiger partial charge in [0.15, 0.2) is 0 Å². The fourth-order valence-electron chi connectivity index (χ4n) is 1.99. The summed E-state index contributed by atoms with van der Waals surface area (Å²) >= 11 is 0. The lowest BCUT2D eigenvalue weighted by Gasteiger charge is -2.22. The van der Waals surface area contributed by atoms with E-state index >= 15 is 0 Å². The van der Waals surface area contributed by atoms with E-state index in [4.69, 9.17) is 9.47 Å². The molecular weight excluding hydrogens is 256 g/mol. The molecule has 1 aromatic carbocycles. The van der Waals surface area contributed by atoms with Crippen LogP contribution >= 0.6 is 0 Å². The highest BCUT2D eigenvalue weighted by atomic mass is 16.5. The van der Waals surface area contributed by atoms with Gasteiger partial charge in [-0.05, 0) is 31.5 Å². The minimum atomic E-state index is -0.382. The standard InChI is InChI=1S/C15H22N2O3/c1-11(2)20-13-5-3-12(4-6-13)9-17-15(18)14-10-16-7-8-19-14/h3-6,11,14,16H,7-10H2,1-2H3,(H,17,18)/t14-/m1/s1. The van der Waals surface area contributed by atoms with Crippen molar-refractivity contribution < 1.29 is 14.3 Å². The second kappa shape index (κ2) is 7.26. The number of benzene rings is 1. The highest BCUT2D eigenvalue weighted by Crippen LogP contribution is 2.13. The highest BCUT2D eigenvalue weighted by Gasteiger charge is 2.21. The molecule has 1 aromatic rings. The van der Waals surface area contributed by atoms with Crippen LogP contribution in [-0.4, -0.2) is 37.8 Å². The maximum absolute atomic E-state index is 11.9. The monoisotopic (exact) mass is 278 g/mol. The first-order valence-corrected chi connectivity index (χ1v) is 7.01. The van der Waals surface area contributed by atoms with E-state index < -0.39 is 0 Å². The predicted molar refractivity (Wildman–Crippen MR) is 76.7 cm³/mol. The molecule has 2 rings (SSSR count). The number of morpholine rings is 1. The normalized spacial score (nSPS) is 18.9. The van der Waals surface area contributed by atoms with Crippen LogP contribution in [0.5, 0.6) is 5.75 Å². The van der Waals surface area contributed by atoms with Crippen LogP contribution in [0.2, 0.25) is 0 Å². The van der Waals surface area contributed by atoms with Gasteiger partial charge in [0.2, 0.25) is 0 Å². The molecule has 1 fully saturated rings. The molecule has 5 heteroatoms. The lowest BCUT2D eigenvalue weighted by molar-refractivity contribution is -0.134. The zero-order valence-corrected chi connectivity index (χ0v) is 12.0. The van der Waals surface area contributed by atoms with Crippen molar-refractivity contribution in [2.24, 2.45) is 0 Å². The molecule has 1 amide bonds. The lowest BCUT2D eigenvalue weighted by Crippen LogP contribution is -2.47. The fraction of sp³-hybridized carbons (Fsp3) is 0.533. The van der Waals surface area contributed by atoms with Gasteiger partial charge in [0.05, 0.1) is 12.7 Å². The molecule has 1 atom stereocenters. The average Bonchev–Trinajstić information content (AvgIpc) is 2.46. The summed E-state index contributed by atoms with van der Waals surface area (Å²) in [6, 6.07) is 7.75. The summed E-state index contributed by atoms with van der Waals surface area (Å²) in [5, 5.41) is 6.02. The number of ether oxygens (including phenoxy) is 2. The van der Waals surface area contributed by atoms with E-state index in [-0.39, 0.29) is 18.1 Å². The van der Waals surface area contributed by atoms with Crippen LogP contribution in [0.3, 0.4) is 0 Å². The Hall–Kier alpha value is -1.59. The first-order chi connectivity index (χ1) is 9.65.